The van der Waals surface area contributed by atoms with Crippen LogP contribution in [-0.4, -0.2) is 23.1 Å². The fourth-order valence-electron chi connectivity index (χ4n) is 1.88. The van der Waals surface area contributed by atoms with E-state index in [0.717, 1.165) is 18.9 Å². The van der Waals surface area contributed by atoms with Crippen LogP contribution in [0, 0.1) is 0 Å². The Labute approximate surface area is 94.5 Å². The first kappa shape index (κ1) is 10.5. The largest absolute Gasteiger partial charge is 0.368 e. The van der Waals surface area contributed by atoms with Crippen molar-refractivity contribution in [1.29, 1.82) is 0 Å². The van der Waals surface area contributed by atoms with Gasteiger partial charge in [-0.1, -0.05) is 24.4 Å². The van der Waals surface area contributed by atoms with Crippen molar-refractivity contribution in [2.75, 3.05) is 23.7 Å². The smallest absolute Gasteiger partial charge is 0.223 e. The molecule has 0 aromatic carbocycles. The van der Waals surface area contributed by atoms with Crippen molar-refractivity contribution in [3.8, 4) is 0 Å². The third kappa shape index (κ3) is 2.72. The van der Waals surface area contributed by atoms with Gasteiger partial charge in [-0.3, -0.25) is 0 Å². The van der Waals surface area contributed by atoms with Crippen molar-refractivity contribution in [1.82, 2.24) is 9.97 Å². The zero-order chi connectivity index (χ0) is 10.7. The van der Waals surface area contributed by atoms with Crippen LogP contribution in [0.2, 0.25) is 5.15 Å². The minimum Gasteiger partial charge on any atom is -0.368 e. The summed E-state index contributed by atoms with van der Waals surface area (Å²) in [5.41, 5.74) is 5.57. The minimum absolute atomic E-state index is 0.252. The van der Waals surface area contributed by atoms with Crippen molar-refractivity contribution in [3.63, 3.8) is 0 Å². The zero-order valence-electron chi connectivity index (χ0n) is 8.62. The van der Waals surface area contributed by atoms with E-state index in [4.69, 9.17) is 17.3 Å². The molecule has 1 aromatic rings. The lowest BCUT2D eigenvalue weighted by atomic mass is 10.2. The summed E-state index contributed by atoms with van der Waals surface area (Å²) in [6.45, 7) is 2.07. The molecule has 0 aliphatic carbocycles. The Hall–Kier alpha value is -1.03. The van der Waals surface area contributed by atoms with Gasteiger partial charge in [0.05, 0.1) is 0 Å². The van der Waals surface area contributed by atoms with Gasteiger partial charge in [-0.05, 0) is 12.8 Å². The maximum Gasteiger partial charge on any atom is 0.223 e. The summed E-state index contributed by atoms with van der Waals surface area (Å²) >= 11 is 5.85. The van der Waals surface area contributed by atoms with Crippen molar-refractivity contribution < 1.29 is 0 Å². The number of nitrogens with zero attached hydrogens (tertiary/aromatic N) is 3. The standard InChI is InChI=1S/C10H15ClN4/c11-8-7-9(14-10(12)13-8)15-5-3-1-2-4-6-15/h7H,1-6H2,(H2,12,13,14). The molecule has 0 amide bonds. The Morgan fingerprint density at radius 2 is 1.80 bits per heavy atom. The van der Waals surface area contributed by atoms with E-state index in [2.05, 4.69) is 14.9 Å². The van der Waals surface area contributed by atoms with E-state index in [1.165, 1.54) is 25.7 Å². The molecule has 1 aromatic heterocycles. The quantitative estimate of drug-likeness (QED) is 0.746. The molecular weight excluding hydrogens is 212 g/mol. The minimum atomic E-state index is 0.252. The number of halogens is 1. The average molecular weight is 227 g/mol. The van der Waals surface area contributed by atoms with Crippen LogP contribution >= 0.6 is 11.6 Å². The molecular formula is C10H15ClN4. The van der Waals surface area contributed by atoms with E-state index in [9.17, 15) is 0 Å². The fourth-order valence-corrected chi connectivity index (χ4v) is 2.07. The van der Waals surface area contributed by atoms with E-state index in [0.29, 0.717) is 5.15 Å². The van der Waals surface area contributed by atoms with E-state index in [1.54, 1.807) is 6.07 Å². The number of hydrogen-bond donors (Lipinski definition) is 1. The molecule has 1 aliphatic rings. The highest BCUT2D eigenvalue weighted by Gasteiger charge is 2.12. The highest BCUT2D eigenvalue weighted by atomic mass is 35.5. The molecule has 5 heteroatoms. The van der Waals surface area contributed by atoms with E-state index in [-0.39, 0.29) is 5.95 Å². The van der Waals surface area contributed by atoms with Crippen LogP contribution in [-0.2, 0) is 0 Å². The number of nitrogens with two attached hydrogens (primary N) is 1. The molecule has 0 saturated carbocycles. The second kappa shape index (κ2) is 4.66. The van der Waals surface area contributed by atoms with Gasteiger partial charge in [0.25, 0.3) is 0 Å². The van der Waals surface area contributed by atoms with Gasteiger partial charge in [0.2, 0.25) is 5.95 Å². The summed E-state index contributed by atoms with van der Waals surface area (Å²) in [5, 5.41) is 0.418. The molecule has 0 radical (unpaired) electrons. The molecule has 2 rings (SSSR count). The molecule has 1 saturated heterocycles. The molecule has 0 bridgehead atoms. The molecule has 82 valence electrons. The average Bonchev–Trinajstić information content (AvgIpc) is 2.43. The lowest BCUT2D eigenvalue weighted by Gasteiger charge is -2.21. The maximum atomic E-state index is 5.85. The lowest BCUT2D eigenvalue weighted by Crippen LogP contribution is -2.25. The monoisotopic (exact) mass is 226 g/mol. The molecule has 0 spiro atoms. The number of rotatable bonds is 1. The Morgan fingerprint density at radius 3 is 2.40 bits per heavy atom. The van der Waals surface area contributed by atoms with Crippen LogP contribution in [0.4, 0.5) is 11.8 Å². The van der Waals surface area contributed by atoms with Crippen molar-refractivity contribution in [2.24, 2.45) is 0 Å². The second-order valence-electron chi connectivity index (χ2n) is 3.81. The van der Waals surface area contributed by atoms with E-state index in [1.807, 2.05) is 0 Å². The van der Waals surface area contributed by atoms with Gasteiger partial charge in [-0.2, -0.15) is 4.98 Å². The SMILES string of the molecule is Nc1nc(Cl)cc(N2CCCCCC2)n1. The molecule has 1 aliphatic heterocycles. The van der Waals surface area contributed by atoms with Gasteiger partial charge in [0.1, 0.15) is 11.0 Å². The van der Waals surface area contributed by atoms with Crippen LogP contribution in [0.1, 0.15) is 25.7 Å². The van der Waals surface area contributed by atoms with Crippen LogP contribution in [0.25, 0.3) is 0 Å². The van der Waals surface area contributed by atoms with Gasteiger partial charge in [0.15, 0.2) is 0 Å². The Kier molecular flexibility index (Phi) is 3.26. The molecule has 0 atom stereocenters. The summed E-state index contributed by atoms with van der Waals surface area (Å²) in [7, 11) is 0. The molecule has 15 heavy (non-hydrogen) atoms. The zero-order valence-corrected chi connectivity index (χ0v) is 9.37. The van der Waals surface area contributed by atoms with Crippen molar-refractivity contribution in [2.45, 2.75) is 25.7 Å². The Bertz CT molecular complexity index is 314. The van der Waals surface area contributed by atoms with Gasteiger partial charge in [-0.15, -0.1) is 0 Å². The fraction of sp³-hybridized carbons (Fsp3) is 0.600. The van der Waals surface area contributed by atoms with Crippen LogP contribution < -0.4 is 10.6 Å². The van der Waals surface area contributed by atoms with Gasteiger partial charge < -0.3 is 10.6 Å². The summed E-state index contributed by atoms with van der Waals surface area (Å²) in [6, 6.07) is 1.78. The summed E-state index contributed by atoms with van der Waals surface area (Å²) in [4.78, 5) is 10.3. The number of nitrogen functional groups attached to an aromatic ring is 1. The highest BCUT2D eigenvalue weighted by molar-refractivity contribution is 6.29. The highest BCUT2D eigenvalue weighted by Crippen LogP contribution is 2.20. The van der Waals surface area contributed by atoms with Gasteiger partial charge in [0, 0.05) is 19.2 Å². The Morgan fingerprint density at radius 1 is 1.13 bits per heavy atom. The third-order valence-electron chi connectivity index (χ3n) is 2.63. The van der Waals surface area contributed by atoms with Crippen LogP contribution in [0.5, 0.6) is 0 Å². The predicted octanol–water partition coefficient (Wildman–Crippen LogP) is 2.09. The molecule has 1 fully saturated rings. The second-order valence-corrected chi connectivity index (χ2v) is 4.20. The first-order chi connectivity index (χ1) is 7.25. The lowest BCUT2D eigenvalue weighted by molar-refractivity contribution is 0.726. The topological polar surface area (TPSA) is 55.0 Å². The maximum absolute atomic E-state index is 5.85. The third-order valence-corrected chi connectivity index (χ3v) is 2.82. The first-order valence-electron chi connectivity index (χ1n) is 5.31. The van der Waals surface area contributed by atoms with Crippen LogP contribution in [0.3, 0.4) is 0 Å². The molecule has 2 N–H and O–H groups in total. The number of anilines is 2. The number of aromatic nitrogens is 2. The van der Waals surface area contributed by atoms with Crippen molar-refractivity contribution >= 4 is 23.4 Å². The van der Waals surface area contributed by atoms with E-state index >= 15 is 0 Å². The van der Waals surface area contributed by atoms with E-state index < -0.39 is 0 Å². The summed E-state index contributed by atoms with van der Waals surface area (Å²) in [5.74, 6) is 1.11. The molecule has 4 nitrogen and oxygen atoms in total. The number of hydrogen-bond acceptors (Lipinski definition) is 4. The van der Waals surface area contributed by atoms with Crippen molar-refractivity contribution in [3.05, 3.63) is 11.2 Å². The normalized spacial score (nSPS) is 17.5. The Balaban J connectivity index is 2.19. The summed E-state index contributed by atoms with van der Waals surface area (Å²) < 4.78 is 0. The van der Waals surface area contributed by atoms with Gasteiger partial charge in [-0.25, -0.2) is 4.98 Å². The first-order valence-corrected chi connectivity index (χ1v) is 5.68. The predicted molar refractivity (Wildman–Crippen MR) is 62.1 cm³/mol. The van der Waals surface area contributed by atoms with Crippen LogP contribution in [0.15, 0.2) is 6.07 Å². The molecule has 2 heterocycles. The summed E-state index contributed by atoms with van der Waals surface area (Å²) in [6.07, 6.45) is 5.01. The van der Waals surface area contributed by atoms with Gasteiger partial charge >= 0.3 is 0 Å². The molecule has 0 unspecified atom stereocenters.